The van der Waals surface area contributed by atoms with E-state index < -0.39 is 12.0 Å². The Morgan fingerprint density at radius 1 is 1.40 bits per heavy atom. The first-order valence-electron chi connectivity index (χ1n) is 6.88. The fourth-order valence-corrected chi connectivity index (χ4v) is 2.65. The van der Waals surface area contributed by atoms with Crippen molar-refractivity contribution in [2.45, 2.75) is 32.4 Å². The van der Waals surface area contributed by atoms with Crippen molar-refractivity contribution >= 4 is 11.9 Å². The summed E-state index contributed by atoms with van der Waals surface area (Å²) in [4.78, 5) is 25.4. The van der Waals surface area contributed by atoms with Gasteiger partial charge in [-0.05, 0) is 17.5 Å². The molecule has 0 fully saturated rings. The molecular weight excluding hydrogens is 256 g/mol. The van der Waals surface area contributed by atoms with Crippen LogP contribution in [0.25, 0.3) is 0 Å². The number of amides is 1. The van der Waals surface area contributed by atoms with Crippen molar-refractivity contribution in [3.8, 4) is 0 Å². The van der Waals surface area contributed by atoms with Crippen LogP contribution in [0.4, 0.5) is 0 Å². The van der Waals surface area contributed by atoms with E-state index in [0.29, 0.717) is 19.4 Å². The predicted molar refractivity (Wildman–Crippen MR) is 75.0 cm³/mol. The van der Waals surface area contributed by atoms with Crippen LogP contribution in [-0.4, -0.2) is 34.5 Å². The van der Waals surface area contributed by atoms with Crippen molar-refractivity contribution in [3.05, 3.63) is 35.4 Å². The summed E-state index contributed by atoms with van der Waals surface area (Å²) in [6.45, 7) is 2.49. The van der Waals surface area contributed by atoms with Gasteiger partial charge in [-0.25, -0.2) is 4.79 Å². The Morgan fingerprint density at radius 3 is 2.60 bits per heavy atom. The first-order chi connectivity index (χ1) is 9.58. The molecule has 1 unspecified atom stereocenters. The molecule has 0 spiro atoms. The maximum atomic E-state index is 12.5. The SMILES string of the molecule is CCC(CN)C(=O)N1Cc2ccccc2C[C@H]1C(=O)O. The number of carboxylic acid groups (broad SMARTS) is 1. The van der Waals surface area contributed by atoms with Gasteiger partial charge in [0, 0.05) is 19.5 Å². The Hall–Kier alpha value is -1.88. The zero-order valence-electron chi connectivity index (χ0n) is 11.6. The van der Waals surface area contributed by atoms with Gasteiger partial charge in [-0.3, -0.25) is 4.79 Å². The Balaban J connectivity index is 2.31. The molecule has 20 heavy (non-hydrogen) atoms. The van der Waals surface area contributed by atoms with Crippen molar-refractivity contribution in [2.75, 3.05) is 6.54 Å². The summed E-state index contributed by atoms with van der Waals surface area (Å²) >= 11 is 0. The van der Waals surface area contributed by atoms with Crippen LogP contribution in [0, 0.1) is 5.92 Å². The molecule has 5 heteroatoms. The number of nitrogens with two attached hydrogens (primary N) is 1. The monoisotopic (exact) mass is 276 g/mol. The summed E-state index contributed by atoms with van der Waals surface area (Å²) < 4.78 is 0. The predicted octanol–water partition coefficient (Wildman–Crippen LogP) is 1.01. The molecule has 1 aliphatic rings. The maximum absolute atomic E-state index is 12.5. The lowest BCUT2D eigenvalue weighted by Gasteiger charge is -2.36. The molecule has 1 aliphatic heterocycles. The molecule has 0 aliphatic carbocycles. The lowest BCUT2D eigenvalue weighted by Crippen LogP contribution is -2.51. The minimum atomic E-state index is -0.959. The molecule has 3 N–H and O–H groups in total. The first-order valence-corrected chi connectivity index (χ1v) is 6.88. The highest BCUT2D eigenvalue weighted by molar-refractivity contribution is 5.86. The van der Waals surface area contributed by atoms with E-state index >= 15 is 0 Å². The van der Waals surface area contributed by atoms with E-state index in [1.165, 1.54) is 4.90 Å². The molecule has 0 radical (unpaired) electrons. The topological polar surface area (TPSA) is 83.6 Å². The smallest absolute Gasteiger partial charge is 0.326 e. The van der Waals surface area contributed by atoms with Gasteiger partial charge in [0.2, 0.25) is 5.91 Å². The molecule has 0 bridgehead atoms. The second kappa shape index (κ2) is 6.05. The van der Waals surface area contributed by atoms with Gasteiger partial charge in [0.15, 0.2) is 0 Å². The summed E-state index contributed by atoms with van der Waals surface area (Å²) in [5.41, 5.74) is 7.64. The fraction of sp³-hybridized carbons (Fsp3) is 0.467. The van der Waals surface area contributed by atoms with E-state index in [-0.39, 0.29) is 18.4 Å². The molecule has 0 saturated heterocycles. The van der Waals surface area contributed by atoms with Crippen molar-refractivity contribution < 1.29 is 14.7 Å². The van der Waals surface area contributed by atoms with Gasteiger partial charge in [0.25, 0.3) is 0 Å². The van der Waals surface area contributed by atoms with Crippen LogP contribution in [0.5, 0.6) is 0 Å². The van der Waals surface area contributed by atoms with Crippen LogP contribution in [-0.2, 0) is 22.6 Å². The molecular formula is C15H20N2O3. The number of aliphatic carboxylic acids is 1. The first kappa shape index (κ1) is 14.5. The highest BCUT2D eigenvalue weighted by atomic mass is 16.4. The van der Waals surface area contributed by atoms with Gasteiger partial charge < -0.3 is 15.7 Å². The normalized spacial score (nSPS) is 19.3. The number of hydrogen-bond donors (Lipinski definition) is 2. The van der Waals surface area contributed by atoms with E-state index in [2.05, 4.69) is 0 Å². The average molecular weight is 276 g/mol. The summed E-state index contributed by atoms with van der Waals surface area (Å²) in [6.07, 6.45) is 0.984. The van der Waals surface area contributed by atoms with Gasteiger partial charge >= 0.3 is 5.97 Å². The van der Waals surface area contributed by atoms with Gasteiger partial charge in [-0.2, -0.15) is 0 Å². The largest absolute Gasteiger partial charge is 0.480 e. The van der Waals surface area contributed by atoms with Crippen LogP contribution in [0.2, 0.25) is 0 Å². The zero-order valence-corrected chi connectivity index (χ0v) is 11.6. The molecule has 2 atom stereocenters. The third-order valence-corrected chi connectivity index (χ3v) is 3.94. The van der Waals surface area contributed by atoms with Crippen molar-refractivity contribution in [1.82, 2.24) is 4.90 Å². The van der Waals surface area contributed by atoms with Crippen molar-refractivity contribution in [2.24, 2.45) is 11.7 Å². The molecule has 1 heterocycles. The highest BCUT2D eigenvalue weighted by Crippen LogP contribution is 2.25. The van der Waals surface area contributed by atoms with Gasteiger partial charge in [-0.1, -0.05) is 31.2 Å². The average Bonchev–Trinajstić information content (AvgIpc) is 2.46. The summed E-state index contributed by atoms with van der Waals surface area (Å²) in [6, 6.07) is 6.87. The number of fused-ring (bicyclic) bond motifs is 1. The number of rotatable bonds is 4. The number of carboxylic acids is 1. The lowest BCUT2D eigenvalue weighted by atomic mass is 9.92. The molecule has 1 aromatic rings. The maximum Gasteiger partial charge on any atom is 0.326 e. The third kappa shape index (κ3) is 2.67. The number of carbonyl (C=O) groups excluding carboxylic acids is 1. The Kier molecular flexibility index (Phi) is 4.39. The van der Waals surface area contributed by atoms with Gasteiger partial charge in [0.05, 0.1) is 5.92 Å². The van der Waals surface area contributed by atoms with Crippen LogP contribution < -0.4 is 5.73 Å². The van der Waals surface area contributed by atoms with Crippen LogP contribution in [0.1, 0.15) is 24.5 Å². The van der Waals surface area contributed by atoms with Gasteiger partial charge in [-0.15, -0.1) is 0 Å². The second-order valence-corrected chi connectivity index (χ2v) is 5.13. The van der Waals surface area contributed by atoms with E-state index in [4.69, 9.17) is 5.73 Å². The minimum absolute atomic E-state index is 0.156. The van der Waals surface area contributed by atoms with E-state index in [1.807, 2.05) is 31.2 Å². The quantitative estimate of drug-likeness (QED) is 0.859. The number of benzene rings is 1. The molecule has 1 aromatic carbocycles. The molecule has 1 amide bonds. The minimum Gasteiger partial charge on any atom is -0.480 e. The number of hydrogen-bond acceptors (Lipinski definition) is 3. The Morgan fingerprint density at radius 2 is 2.05 bits per heavy atom. The molecule has 0 saturated carbocycles. The van der Waals surface area contributed by atoms with Crippen molar-refractivity contribution in [3.63, 3.8) is 0 Å². The molecule has 2 rings (SSSR count). The molecule has 5 nitrogen and oxygen atoms in total. The molecule has 0 aromatic heterocycles. The van der Waals surface area contributed by atoms with Crippen LogP contribution in [0.3, 0.4) is 0 Å². The summed E-state index contributed by atoms with van der Waals surface area (Å²) in [5.74, 6) is -1.42. The van der Waals surface area contributed by atoms with Crippen LogP contribution in [0.15, 0.2) is 24.3 Å². The fourth-order valence-electron chi connectivity index (χ4n) is 2.65. The van der Waals surface area contributed by atoms with E-state index in [0.717, 1.165) is 11.1 Å². The van der Waals surface area contributed by atoms with Crippen LogP contribution >= 0.6 is 0 Å². The highest BCUT2D eigenvalue weighted by Gasteiger charge is 2.36. The van der Waals surface area contributed by atoms with Gasteiger partial charge in [0.1, 0.15) is 6.04 Å². The van der Waals surface area contributed by atoms with E-state index in [9.17, 15) is 14.7 Å². The standard InChI is InChI=1S/C15H20N2O3/c1-2-10(8-16)14(18)17-9-12-6-4-3-5-11(12)7-13(17)15(19)20/h3-6,10,13H,2,7-9,16H2,1H3,(H,19,20)/t10?,13-/m0/s1. The summed E-state index contributed by atoms with van der Waals surface area (Å²) in [5, 5.41) is 9.39. The Bertz CT molecular complexity index is 512. The molecule has 108 valence electrons. The van der Waals surface area contributed by atoms with E-state index in [1.54, 1.807) is 0 Å². The lowest BCUT2D eigenvalue weighted by molar-refractivity contribution is -0.153. The second-order valence-electron chi connectivity index (χ2n) is 5.13. The summed E-state index contributed by atoms with van der Waals surface area (Å²) in [7, 11) is 0. The number of nitrogens with zero attached hydrogens (tertiary/aromatic N) is 1. The Labute approximate surface area is 118 Å². The van der Waals surface area contributed by atoms with Crippen molar-refractivity contribution in [1.29, 1.82) is 0 Å². The third-order valence-electron chi connectivity index (χ3n) is 3.94. The number of carbonyl (C=O) groups is 2. The zero-order chi connectivity index (χ0) is 14.7.